The third kappa shape index (κ3) is 5.63. The number of hydrogen-bond acceptors (Lipinski definition) is 1. The SMILES string of the molecule is CN(Cc1[c-]cccc1)C1CCCCC1.[Zn+][Br]. The number of hydrogen-bond donors (Lipinski definition) is 0. The van der Waals surface area contributed by atoms with Gasteiger partial charge in [0.15, 0.2) is 0 Å². The molecule has 90 valence electrons. The first-order chi connectivity index (χ1) is 8.36. The molecule has 0 radical (unpaired) electrons. The fraction of sp³-hybridized carbons (Fsp3) is 0.571. The summed E-state index contributed by atoms with van der Waals surface area (Å²) >= 11 is 4.25. The van der Waals surface area contributed by atoms with Crippen molar-refractivity contribution in [2.24, 2.45) is 0 Å². The molecule has 1 aromatic rings. The van der Waals surface area contributed by atoms with Crippen LogP contribution in [-0.4, -0.2) is 18.0 Å². The molecule has 0 heterocycles. The molecule has 0 atom stereocenters. The number of nitrogens with zero attached hydrogens (tertiary/aromatic N) is 1. The Morgan fingerprint density at radius 3 is 2.59 bits per heavy atom. The summed E-state index contributed by atoms with van der Waals surface area (Å²) in [7, 11) is 2.25. The van der Waals surface area contributed by atoms with Gasteiger partial charge in [-0.25, -0.2) is 0 Å². The molecule has 2 rings (SSSR count). The van der Waals surface area contributed by atoms with Crippen molar-refractivity contribution in [1.29, 1.82) is 0 Å². The minimum atomic E-state index is 0.798. The van der Waals surface area contributed by atoms with E-state index in [9.17, 15) is 0 Å². The second-order valence-corrected chi connectivity index (χ2v) is 4.59. The number of halogens is 1. The Morgan fingerprint density at radius 1 is 1.29 bits per heavy atom. The predicted molar refractivity (Wildman–Crippen MR) is 72.5 cm³/mol. The van der Waals surface area contributed by atoms with Crippen molar-refractivity contribution in [3.05, 3.63) is 35.9 Å². The van der Waals surface area contributed by atoms with Gasteiger partial charge in [0.25, 0.3) is 0 Å². The van der Waals surface area contributed by atoms with Crippen molar-refractivity contribution in [3.63, 3.8) is 0 Å². The van der Waals surface area contributed by atoms with Crippen LogP contribution in [0.4, 0.5) is 0 Å². The Balaban J connectivity index is 0.000000686. The van der Waals surface area contributed by atoms with Crippen LogP contribution in [0.15, 0.2) is 24.3 Å². The molecular formula is C14H20BrNZn. The molecule has 1 nitrogen and oxygen atoms in total. The van der Waals surface area contributed by atoms with Gasteiger partial charge in [-0.3, -0.25) is 0 Å². The second kappa shape index (κ2) is 9.24. The first kappa shape index (κ1) is 15.3. The van der Waals surface area contributed by atoms with Crippen molar-refractivity contribution < 1.29 is 16.3 Å². The van der Waals surface area contributed by atoms with Crippen molar-refractivity contribution in [3.8, 4) is 0 Å². The van der Waals surface area contributed by atoms with E-state index in [1.807, 2.05) is 12.1 Å². The van der Waals surface area contributed by atoms with Gasteiger partial charge in [0.05, 0.1) is 0 Å². The standard InChI is InChI=1S/C14H20N.BrH.Zn/c1-15(14-10-6-3-7-11-14)12-13-8-4-2-5-9-13;;/h2,4-5,8,14H,3,6-7,10-12H2,1H3;1H;/q-1;;+2/p-1. The molecule has 1 aromatic carbocycles. The third-order valence-corrected chi connectivity index (χ3v) is 3.39. The minimum absolute atomic E-state index is 0.798. The quantitative estimate of drug-likeness (QED) is 0.588. The van der Waals surface area contributed by atoms with Gasteiger partial charge >= 0.3 is 30.0 Å². The molecular weight excluding hydrogens is 327 g/mol. The Hall–Kier alpha value is 0.283. The zero-order valence-corrected chi connectivity index (χ0v) is 15.2. The normalized spacial score (nSPS) is 16.5. The van der Waals surface area contributed by atoms with Gasteiger partial charge in [0.1, 0.15) is 0 Å². The van der Waals surface area contributed by atoms with Crippen LogP contribution in [0.5, 0.6) is 0 Å². The predicted octanol–water partition coefficient (Wildman–Crippen LogP) is 4.09. The van der Waals surface area contributed by atoms with Crippen LogP contribution in [0.2, 0.25) is 0 Å². The van der Waals surface area contributed by atoms with E-state index in [0.29, 0.717) is 0 Å². The first-order valence-electron chi connectivity index (χ1n) is 6.29. The first-order valence-corrected chi connectivity index (χ1v) is 13.2. The summed E-state index contributed by atoms with van der Waals surface area (Å²) in [4.78, 5) is 2.49. The van der Waals surface area contributed by atoms with E-state index in [2.05, 4.69) is 43.8 Å². The monoisotopic (exact) mass is 345 g/mol. The molecule has 1 saturated carbocycles. The van der Waals surface area contributed by atoms with E-state index in [4.69, 9.17) is 0 Å². The summed E-state index contributed by atoms with van der Waals surface area (Å²) in [6.45, 7) is 1.05. The van der Waals surface area contributed by atoms with Gasteiger partial charge in [-0.05, 0) is 19.9 Å². The molecule has 0 amide bonds. The average Bonchev–Trinajstić information content (AvgIpc) is 2.43. The molecule has 3 heteroatoms. The summed E-state index contributed by atoms with van der Waals surface area (Å²) in [5.41, 5.74) is 1.31. The number of benzene rings is 1. The van der Waals surface area contributed by atoms with Gasteiger partial charge in [0.2, 0.25) is 0 Å². The molecule has 0 aliphatic heterocycles. The molecule has 0 N–H and O–H groups in total. The van der Waals surface area contributed by atoms with Crippen molar-refractivity contribution in [1.82, 2.24) is 4.90 Å². The van der Waals surface area contributed by atoms with Gasteiger partial charge in [-0.2, -0.15) is 30.3 Å². The van der Waals surface area contributed by atoms with Crippen LogP contribution in [0.3, 0.4) is 0 Å². The second-order valence-electron chi connectivity index (χ2n) is 4.59. The van der Waals surface area contributed by atoms with Gasteiger partial charge < -0.3 is 4.90 Å². The molecule has 0 saturated heterocycles. The average molecular weight is 348 g/mol. The Labute approximate surface area is 122 Å². The van der Waals surface area contributed by atoms with Gasteiger partial charge in [-0.15, -0.1) is 5.56 Å². The molecule has 0 spiro atoms. The van der Waals surface area contributed by atoms with E-state index < -0.39 is 0 Å². The molecule has 0 bridgehead atoms. The zero-order valence-electron chi connectivity index (χ0n) is 10.7. The maximum absolute atomic E-state index is 3.30. The summed E-state index contributed by atoms with van der Waals surface area (Å²) < 4.78 is 0. The summed E-state index contributed by atoms with van der Waals surface area (Å²) in [5, 5.41) is 0. The maximum atomic E-state index is 3.30. The third-order valence-electron chi connectivity index (χ3n) is 3.39. The fourth-order valence-corrected chi connectivity index (χ4v) is 2.45. The summed E-state index contributed by atoms with van der Waals surface area (Å²) in [6, 6.07) is 12.4. The van der Waals surface area contributed by atoms with Crippen molar-refractivity contribution in [2.75, 3.05) is 7.05 Å². The van der Waals surface area contributed by atoms with E-state index in [0.717, 1.165) is 12.6 Å². The number of rotatable bonds is 3. The Morgan fingerprint density at radius 2 is 2.00 bits per heavy atom. The van der Waals surface area contributed by atoms with Crippen molar-refractivity contribution in [2.45, 2.75) is 44.7 Å². The molecule has 1 aliphatic rings. The topological polar surface area (TPSA) is 3.24 Å². The van der Waals surface area contributed by atoms with Crippen LogP contribution in [-0.2, 0) is 22.9 Å². The van der Waals surface area contributed by atoms with Gasteiger partial charge in [-0.1, -0.05) is 19.3 Å². The molecule has 0 unspecified atom stereocenters. The van der Waals surface area contributed by atoms with E-state index in [1.54, 1.807) is 0 Å². The van der Waals surface area contributed by atoms with E-state index in [1.165, 1.54) is 54.0 Å². The molecule has 17 heavy (non-hydrogen) atoms. The molecule has 1 fully saturated rings. The van der Waals surface area contributed by atoms with E-state index in [-0.39, 0.29) is 0 Å². The molecule has 0 aromatic heterocycles. The zero-order chi connectivity index (χ0) is 12.5. The van der Waals surface area contributed by atoms with Crippen LogP contribution in [0.25, 0.3) is 0 Å². The molecule has 1 aliphatic carbocycles. The van der Waals surface area contributed by atoms with Gasteiger partial charge in [0, 0.05) is 12.6 Å². The van der Waals surface area contributed by atoms with E-state index >= 15 is 0 Å². The van der Waals surface area contributed by atoms with Crippen LogP contribution in [0, 0.1) is 6.07 Å². The fourth-order valence-electron chi connectivity index (χ4n) is 2.45. The summed E-state index contributed by atoms with van der Waals surface area (Å²) in [5.74, 6) is 0. The Bertz CT molecular complexity index is 286. The van der Waals surface area contributed by atoms with Crippen molar-refractivity contribution >= 4 is 13.6 Å². The van der Waals surface area contributed by atoms with Crippen LogP contribution >= 0.6 is 13.6 Å². The summed E-state index contributed by atoms with van der Waals surface area (Å²) in [6.07, 6.45) is 7.01. The Kier molecular flexibility index (Phi) is 8.34. The van der Waals surface area contributed by atoms with Crippen LogP contribution < -0.4 is 0 Å². The van der Waals surface area contributed by atoms with Crippen LogP contribution in [0.1, 0.15) is 37.7 Å².